The Morgan fingerprint density at radius 3 is 2.91 bits per heavy atom. The number of nitrogens with two attached hydrogens (primary N) is 1. The Kier molecular flexibility index (Phi) is 4.67. The number of nitrogen functional groups attached to an aromatic ring is 1. The van der Waals surface area contributed by atoms with E-state index in [1.165, 1.54) is 11.3 Å². The van der Waals surface area contributed by atoms with E-state index in [4.69, 9.17) is 10.5 Å². The maximum absolute atomic E-state index is 12.2. The monoisotopic (exact) mass is 318 g/mol. The molecule has 0 unspecified atom stereocenters. The standard InChI is InChI=1S/C15H18N4O2S/c16-13-4-2-1-3-12(13)14(20)18-15-17-11(10-22-15)9-19-5-7-21-8-6-19/h1-4,10H,5-9,16H2,(H,17,18,20). The molecule has 6 nitrogen and oxygen atoms in total. The van der Waals surface area contributed by atoms with Crippen LogP contribution in [0.2, 0.25) is 0 Å². The summed E-state index contributed by atoms with van der Waals surface area (Å²) in [7, 11) is 0. The molecule has 7 heteroatoms. The number of nitrogens with zero attached hydrogens (tertiary/aromatic N) is 2. The molecule has 0 spiro atoms. The minimum atomic E-state index is -0.231. The quantitative estimate of drug-likeness (QED) is 0.840. The van der Waals surface area contributed by atoms with Gasteiger partial charge < -0.3 is 10.5 Å². The van der Waals surface area contributed by atoms with E-state index in [-0.39, 0.29) is 5.91 Å². The number of amides is 1. The zero-order valence-corrected chi connectivity index (χ0v) is 12.9. The zero-order chi connectivity index (χ0) is 15.4. The molecule has 0 saturated carbocycles. The van der Waals surface area contributed by atoms with Gasteiger partial charge in [0.15, 0.2) is 5.13 Å². The molecule has 2 heterocycles. The van der Waals surface area contributed by atoms with E-state index < -0.39 is 0 Å². The van der Waals surface area contributed by atoms with Gasteiger partial charge in [-0.15, -0.1) is 11.3 Å². The van der Waals surface area contributed by atoms with Gasteiger partial charge in [0.05, 0.1) is 24.5 Å². The number of hydrogen-bond acceptors (Lipinski definition) is 6. The number of anilines is 2. The van der Waals surface area contributed by atoms with E-state index in [0.717, 1.165) is 38.5 Å². The summed E-state index contributed by atoms with van der Waals surface area (Å²) in [6.45, 7) is 4.14. The van der Waals surface area contributed by atoms with Gasteiger partial charge in [0, 0.05) is 30.7 Å². The van der Waals surface area contributed by atoms with Crippen molar-refractivity contribution in [2.24, 2.45) is 0 Å². The molecule has 116 valence electrons. The summed E-state index contributed by atoms with van der Waals surface area (Å²) in [6, 6.07) is 7.00. The summed E-state index contributed by atoms with van der Waals surface area (Å²) in [5.74, 6) is -0.231. The first-order chi connectivity index (χ1) is 10.7. The number of ether oxygens (including phenoxy) is 1. The minimum Gasteiger partial charge on any atom is -0.398 e. The Balaban J connectivity index is 1.61. The molecular formula is C15H18N4O2S. The molecule has 0 radical (unpaired) electrons. The first kappa shape index (κ1) is 15.0. The third-order valence-corrected chi connectivity index (χ3v) is 4.27. The highest BCUT2D eigenvalue weighted by Gasteiger charge is 2.14. The summed E-state index contributed by atoms with van der Waals surface area (Å²) in [4.78, 5) is 18.9. The molecule has 1 aromatic carbocycles. The molecule has 1 fully saturated rings. The van der Waals surface area contributed by atoms with Crippen molar-refractivity contribution in [1.29, 1.82) is 0 Å². The largest absolute Gasteiger partial charge is 0.398 e. The number of benzene rings is 1. The molecule has 1 saturated heterocycles. The molecule has 22 heavy (non-hydrogen) atoms. The first-order valence-electron chi connectivity index (χ1n) is 7.13. The SMILES string of the molecule is Nc1ccccc1C(=O)Nc1nc(CN2CCOCC2)cs1. The van der Waals surface area contributed by atoms with Gasteiger partial charge in [0.2, 0.25) is 0 Å². The Hall–Kier alpha value is -1.96. The summed E-state index contributed by atoms with van der Waals surface area (Å²) < 4.78 is 5.33. The number of thiazole rings is 1. The van der Waals surface area contributed by atoms with Crippen molar-refractivity contribution in [3.8, 4) is 0 Å². The molecule has 1 aromatic heterocycles. The lowest BCUT2D eigenvalue weighted by Gasteiger charge is -2.25. The second-order valence-electron chi connectivity index (χ2n) is 5.07. The average Bonchev–Trinajstić information content (AvgIpc) is 2.95. The topological polar surface area (TPSA) is 80.5 Å². The predicted molar refractivity (Wildman–Crippen MR) is 87.0 cm³/mol. The summed E-state index contributed by atoms with van der Waals surface area (Å²) >= 11 is 1.43. The molecule has 1 aliphatic rings. The molecule has 1 aliphatic heterocycles. The van der Waals surface area contributed by atoms with Crippen molar-refractivity contribution in [1.82, 2.24) is 9.88 Å². The first-order valence-corrected chi connectivity index (χ1v) is 8.01. The fraction of sp³-hybridized carbons (Fsp3) is 0.333. The lowest BCUT2D eigenvalue weighted by atomic mass is 10.2. The second-order valence-corrected chi connectivity index (χ2v) is 5.93. The van der Waals surface area contributed by atoms with Crippen molar-refractivity contribution in [3.05, 3.63) is 40.9 Å². The van der Waals surface area contributed by atoms with E-state index in [9.17, 15) is 4.79 Å². The molecule has 0 atom stereocenters. The lowest BCUT2D eigenvalue weighted by Crippen LogP contribution is -2.35. The van der Waals surface area contributed by atoms with Gasteiger partial charge >= 0.3 is 0 Å². The number of carbonyl (C=O) groups is 1. The summed E-state index contributed by atoms with van der Waals surface area (Å²) in [5.41, 5.74) is 7.70. The molecule has 3 rings (SSSR count). The predicted octanol–water partition coefficient (Wildman–Crippen LogP) is 1.81. The second kappa shape index (κ2) is 6.87. The number of aromatic nitrogens is 1. The Labute approximate surface area is 132 Å². The maximum Gasteiger partial charge on any atom is 0.259 e. The van der Waals surface area contributed by atoms with Crippen LogP contribution in [0.5, 0.6) is 0 Å². The van der Waals surface area contributed by atoms with Crippen molar-refractivity contribution in [3.63, 3.8) is 0 Å². The van der Waals surface area contributed by atoms with E-state index in [1.54, 1.807) is 24.3 Å². The third kappa shape index (κ3) is 3.62. The normalized spacial score (nSPS) is 15.6. The number of hydrogen-bond donors (Lipinski definition) is 2. The van der Waals surface area contributed by atoms with E-state index >= 15 is 0 Å². The highest BCUT2D eigenvalue weighted by molar-refractivity contribution is 7.14. The molecule has 0 aliphatic carbocycles. The van der Waals surface area contributed by atoms with Gasteiger partial charge in [-0.05, 0) is 12.1 Å². The number of morpholine rings is 1. The Morgan fingerprint density at radius 1 is 1.36 bits per heavy atom. The molecule has 2 aromatic rings. The molecule has 1 amide bonds. The Bertz CT molecular complexity index is 652. The fourth-order valence-electron chi connectivity index (χ4n) is 2.29. The van der Waals surface area contributed by atoms with Crippen LogP contribution in [0, 0.1) is 0 Å². The summed E-state index contributed by atoms with van der Waals surface area (Å²) in [5, 5.41) is 5.37. The molecule has 0 bridgehead atoms. The number of rotatable bonds is 4. The van der Waals surface area contributed by atoms with Crippen molar-refractivity contribution < 1.29 is 9.53 Å². The van der Waals surface area contributed by atoms with Crippen LogP contribution in [-0.4, -0.2) is 42.1 Å². The average molecular weight is 318 g/mol. The fourth-order valence-corrected chi connectivity index (χ4v) is 2.99. The van der Waals surface area contributed by atoms with Crippen LogP contribution in [0.25, 0.3) is 0 Å². The number of carbonyl (C=O) groups excluding carboxylic acids is 1. The summed E-state index contributed by atoms with van der Waals surface area (Å²) in [6.07, 6.45) is 0. The highest BCUT2D eigenvalue weighted by atomic mass is 32.1. The van der Waals surface area contributed by atoms with Gasteiger partial charge in [-0.1, -0.05) is 12.1 Å². The Morgan fingerprint density at radius 2 is 2.14 bits per heavy atom. The number of nitrogens with one attached hydrogen (secondary N) is 1. The van der Waals surface area contributed by atoms with Gasteiger partial charge in [-0.2, -0.15) is 0 Å². The van der Waals surface area contributed by atoms with Gasteiger partial charge in [0.25, 0.3) is 5.91 Å². The van der Waals surface area contributed by atoms with Gasteiger partial charge in [-0.25, -0.2) is 4.98 Å². The van der Waals surface area contributed by atoms with Crippen LogP contribution in [0.4, 0.5) is 10.8 Å². The lowest BCUT2D eigenvalue weighted by molar-refractivity contribution is 0.0337. The molecular weight excluding hydrogens is 300 g/mol. The molecule has 3 N–H and O–H groups in total. The van der Waals surface area contributed by atoms with E-state index in [0.29, 0.717) is 16.4 Å². The van der Waals surface area contributed by atoms with Gasteiger partial charge in [-0.3, -0.25) is 15.0 Å². The van der Waals surface area contributed by atoms with Crippen LogP contribution in [0.3, 0.4) is 0 Å². The van der Waals surface area contributed by atoms with Crippen molar-refractivity contribution in [2.75, 3.05) is 37.4 Å². The van der Waals surface area contributed by atoms with E-state index in [2.05, 4.69) is 15.2 Å². The van der Waals surface area contributed by atoms with Crippen molar-refractivity contribution in [2.45, 2.75) is 6.54 Å². The third-order valence-electron chi connectivity index (χ3n) is 3.47. The van der Waals surface area contributed by atoms with Crippen molar-refractivity contribution >= 4 is 28.1 Å². The van der Waals surface area contributed by atoms with Crippen LogP contribution in [0.15, 0.2) is 29.6 Å². The van der Waals surface area contributed by atoms with Crippen LogP contribution >= 0.6 is 11.3 Å². The van der Waals surface area contributed by atoms with E-state index in [1.807, 2.05) is 5.38 Å². The van der Waals surface area contributed by atoms with Gasteiger partial charge in [0.1, 0.15) is 0 Å². The van der Waals surface area contributed by atoms with Crippen LogP contribution in [-0.2, 0) is 11.3 Å². The van der Waals surface area contributed by atoms with Crippen LogP contribution in [0.1, 0.15) is 16.1 Å². The number of para-hydroxylation sites is 1. The smallest absolute Gasteiger partial charge is 0.259 e. The minimum absolute atomic E-state index is 0.231. The maximum atomic E-state index is 12.2. The van der Waals surface area contributed by atoms with Crippen LogP contribution < -0.4 is 11.1 Å². The highest BCUT2D eigenvalue weighted by Crippen LogP contribution is 2.19. The zero-order valence-electron chi connectivity index (χ0n) is 12.1.